The van der Waals surface area contributed by atoms with Gasteiger partial charge in [0.25, 0.3) is 5.91 Å². The summed E-state index contributed by atoms with van der Waals surface area (Å²) in [4.78, 5) is 32.1. The Morgan fingerprint density at radius 3 is 2.35 bits per heavy atom. The van der Waals surface area contributed by atoms with Crippen molar-refractivity contribution in [3.8, 4) is 0 Å². The number of amides is 1. The molecular weight excluding hydrogens is 454 g/mol. The lowest BCUT2D eigenvalue weighted by molar-refractivity contribution is -0.138. The molecule has 1 N–H and O–H groups in total. The van der Waals surface area contributed by atoms with Crippen LogP contribution < -0.4 is 4.90 Å². The first-order valence-corrected chi connectivity index (χ1v) is 10.6. The van der Waals surface area contributed by atoms with Crippen LogP contribution in [0, 0.1) is 12.7 Å². The van der Waals surface area contributed by atoms with Gasteiger partial charge >= 0.3 is 12.1 Å². The maximum absolute atomic E-state index is 14.0. The number of carbonyl (C=O) groups is 2. The van der Waals surface area contributed by atoms with Crippen LogP contribution in [0.3, 0.4) is 0 Å². The van der Waals surface area contributed by atoms with Crippen molar-refractivity contribution in [1.29, 1.82) is 0 Å². The van der Waals surface area contributed by atoms with Crippen molar-refractivity contribution in [3.05, 3.63) is 70.7 Å². The van der Waals surface area contributed by atoms with Gasteiger partial charge in [-0.15, -0.1) is 0 Å². The minimum atomic E-state index is -4.47. The number of rotatable bonds is 4. The highest BCUT2D eigenvalue weighted by Crippen LogP contribution is 2.31. The molecule has 0 saturated carbocycles. The zero-order chi connectivity index (χ0) is 24.6. The van der Waals surface area contributed by atoms with E-state index in [9.17, 15) is 32.3 Å². The number of aliphatic carboxylic acids is 1. The molecule has 0 atom stereocenters. The second-order valence-corrected chi connectivity index (χ2v) is 8.15. The molecule has 0 aliphatic carbocycles. The van der Waals surface area contributed by atoms with Gasteiger partial charge in [-0.25, -0.2) is 9.37 Å². The van der Waals surface area contributed by atoms with Crippen molar-refractivity contribution in [2.75, 3.05) is 31.1 Å². The standard InChI is InChI=1S/C24H21F4N3O3/c1-14-16(11-21(32)33)10-15-2-4-18(25)12-19(15)22(14)23(34)31-8-6-30(7-9-31)20-5-3-17(13-29-20)24(26,27)28/h2-5,10,12-13H,6-9,11H2,1H3,(H,32,33). The number of benzene rings is 2. The summed E-state index contributed by atoms with van der Waals surface area (Å²) in [5, 5.41) is 10.2. The fraction of sp³-hybridized carbons (Fsp3) is 0.292. The van der Waals surface area contributed by atoms with Crippen molar-refractivity contribution in [3.63, 3.8) is 0 Å². The summed E-state index contributed by atoms with van der Waals surface area (Å²) in [6.07, 6.45) is -3.95. The van der Waals surface area contributed by atoms with Gasteiger partial charge in [-0.2, -0.15) is 13.2 Å². The summed E-state index contributed by atoms with van der Waals surface area (Å²) in [7, 11) is 0. The number of carboxylic acids is 1. The first-order valence-electron chi connectivity index (χ1n) is 10.6. The summed E-state index contributed by atoms with van der Waals surface area (Å²) >= 11 is 0. The van der Waals surface area contributed by atoms with Gasteiger partial charge in [0.05, 0.1) is 17.5 Å². The highest BCUT2D eigenvalue weighted by atomic mass is 19.4. The maximum Gasteiger partial charge on any atom is 0.417 e. The molecule has 3 aromatic rings. The normalized spacial score (nSPS) is 14.5. The van der Waals surface area contributed by atoms with Crippen LogP contribution >= 0.6 is 0 Å². The van der Waals surface area contributed by atoms with E-state index in [4.69, 9.17) is 0 Å². The summed E-state index contributed by atoms with van der Waals surface area (Å²) in [6, 6.07) is 7.96. The minimum absolute atomic E-state index is 0.259. The summed E-state index contributed by atoms with van der Waals surface area (Å²) in [5.74, 6) is -1.52. The van der Waals surface area contributed by atoms with Gasteiger partial charge in [-0.05, 0) is 53.1 Å². The van der Waals surface area contributed by atoms with Crippen molar-refractivity contribution in [1.82, 2.24) is 9.88 Å². The second-order valence-electron chi connectivity index (χ2n) is 8.15. The largest absolute Gasteiger partial charge is 0.481 e. The van der Waals surface area contributed by atoms with Crippen LogP contribution in [-0.4, -0.2) is 53.0 Å². The van der Waals surface area contributed by atoms with Crippen LogP contribution in [0.25, 0.3) is 10.8 Å². The first kappa shape index (κ1) is 23.5. The van der Waals surface area contributed by atoms with Crippen molar-refractivity contribution < 1.29 is 32.3 Å². The molecule has 6 nitrogen and oxygen atoms in total. The third-order valence-electron chi connectivity index (χ3n) is 5.99. The number of alkyl halides is 3. The highest BCUT2D eigenvalue weighted by Gasteiger charge is 2.31. The Kier molecular flexibility index (Phi) is 6.16. The summed E-state index contributed by atoms with van der Waals surface area (Å²) in [6.45, 7) is 2.91. The molecule has 0 unspecified atom stereocenters. The number of aromatic nitrogens is 1. The molecule has 0 spiro atoms. The molecule has 1 saturated heterocycles. The summed E-state index contributed by atoms with van der Waals surface area (Å²) in [5.41, 5.74) is 0.384. The van der Waals surface area contributed by atoms with Gasteiger partial charge < -0.3 is 14.9 Å². The molecule has 0 bridgehead atoms. The molecule has 1 aliphatic rings. The number of halogens is 4. The third-order valence-corrected chi connectivity index (χ3v) is 5.99. The Morgan fingerprint density at radius 1 is 1.06 bits per heavy atom. The number of hydrogen-bond donors (Lipinski definition) is 1. The van der Waals surface area contributed by atoms with Crippen LogP contribution in [0.4, 0.5) is 23.4 Å². The Labute approximate surface area is 192 Å². The Bertz CT molecular complexity index is 1250. The van der Waals surface area contributed by atoms with E-state index in [2.05, 4.69) is 4.98 Å². The lowest BCUT2D eigenvalue weighted by Crippen LogP contribution is -2.49. The van der Waals surface area contributed by atoms with Gasteiger partial charge in [0.15, 0.2) is 0 Å². The quantitative estimate of drug-likeness (QED) is 0.570. The van der Waals surface area contributed by atoms with E-state index in [0.29, 0.717) is 40.8 Å². The maximum atomic E-state index is 14.0. The number of carboxylic acid groups (broad SMARTS) is 1. The molecule has 1 amide bonds. The molecule has 1 fully saturated rings. The Balaban J connectivity index is 1.58. The minimum Gasteiger partial charge on any atom is -0.481 e. The molecule has 178 valence electrons. The fourth-order valence-corrected chi connectivity index (χ4v) is 4.19. The van der Waals surface area contributed by atoms with Gasteiger partial charge in [0.2, 0.25) is 0 Å². The second kappa shape index (κ2) is 8.92. The van der Waals surface area contributed by atoms with Crippen molar-refractivity contribution in [2.24, 2.45) is 0 Å². The van der Waals surface area contributed by atoms with Gasteiger partial charge in [-0.1, -0.05) is 12.1 Å². The number of piperazine rings is 1. The van der Waals surface area contributed by atoms with Gasteiger partial charge in [-0.3, -0.25) is 9.59 Å². The van der Waals surface area contributed by atoms with Crippen LogP contribution in [0.15, 0.2) is 42.6 Å². The third kappa shape index (κ3) is 4.66. The molecule has 2 aromatic carbocycles. The number of nitrogens with zero attached hydrogens (tertiary/aromatic N) is 3. The molecule has 1 aliphatic heterocycles. The number of pyridine rings is 1. The molecule has 2 heterocycles. The predicted molar refractivity (Wildman–Crippen MR) is 117 cm³/mol. The Hall–Kier alpha value is -3.69. The summed E-state index contributed by atoms with van der Waals surface area (Å²) < 4.78 is 52.3. The van der Waals surface area contributed by atoms with E-state index in [0.717, 1.165) is 12.3 Å². The monoisotopic (exact) mass is 475 g/mol. The SMILES string of the molecule is Cc1c(CC(=O)O)cc2ccc(F)cc2c1C(=O)N1CCN(c2ccc(C(F)(F)F)cn2)CC1. The van der Waals surface area contributed by atoms with Gasteiger partial charge in [0.1, 0.15) is 11.6 Å². The molecule has 4 rings (SSSR count). The number of hydrogen-bond acceptors (Lipinski definition) is 4. The van der Waals surface area contributed by atoms with E-state index in [-0.39, 0.29) is 31.0 Å². The van der Waals surface area contributed by atoms with Crippen LogP contribution in [0.2, 0.25) is 0 Å². The average molecular weight is 475 g/mol. The lowest BCUT2D eigenvalue weighted by atomic mass is 9.92. The van der Waals surface area contributed by atoms with E-state index >= 15 is 0 Å². The fourth-order valence-electron chi connectivity index (χ4n) is 4.19. The number of anilines is 1. The topological polar surface area (TPSA) is 73.7 Å². The molecule has 34 heavy (non-hydrogen) atoms. The Morgan fingerprint density at radius 2 is 1.76 bits per heavy atom. The molecule has 10 heteroatoms. The first-order chi connectivity index (χ1) is 16.0. The number of carbonyl (C=O) groups excluding carboxylic acids is 1. The van der Waals surface area contributed by atoms with E-state index < -0.39 is 23.5 Å². The zero-order valence-corrected chi connectivity index (χ0v) is 18.2. The van der Waals surface area contributed by atoms with Crippen molar-refractivity contribution >= 4 is 28.5 Å². The zero-order valence-electron chi connectivity index (χ0n) is 18.2. The van der Waals surface area contributed by atoms with Gasteiger partial charge in [0, 0.05) is 32.4 Å². The lowest BCUT2D eigenvalue weighted by Gasteiger charge is -2.36. The average Bonchev–Trinajstić information content (AvgIpc) is 2.79. The van der Waals surface area contributed by atoms with E-state index in [1.165, 1.54) is 24.3 Å². The van der Waals surface area contributed by atoms with E-state index in [1.807, 2.05) is 0 Å². The van der Waals surface area contributed by atoms with Crippen molar-refractivity contribution in [2.45, 2.75) is 19.5 Å². The van der Waals surface area contributed by atoms with Crippen LogP contribution in [0.5, 0.6) is 0 Å². The van der Waals surface area contributed by atoms with E-state index in [1.54, 1.807) is 22.8 Å². The molecule has 0 radical (unpaired) electrons. The van der Waals surface area contributed by atoms with Crippen LogP contribution in [-0.2, 0) is 17.4 Å². The molecule has 1 aromatic heterocycles. The van der Waals surface area contributed by atoms with Crippen LogP contribution in [0.1, 0.15) is 27.0 Å². The number of fused-ring (bicyclic) bond motifs is 1. The highest BCUT2D eigenvalue weighted by molar-refractivity contribution is 6.09. The predicted octanol–water partition coefficient (Wildman–Crippen LogP) is 4.29. The molecular formula is C24H21F4N3O3. The smallest absolute Gasteiger partial charge is 0.417 e.